The molecule has 9 heavy (non-hydrogen) atoms. The highest BCUT2D eigenvalue weighted by Crippen LogP contribution is 2.18. The molecule has 1 rings (SSSR count). The minimum Gasteiger partial charge on any atom is -0.363 e. The van der Waals surface area contributed by atoms with Crippen LogP contribution >= 0.6 is 0 Å². The molecule has 0 bridgehead atoms. The van der Waals surface area contributed by atoms with Gasteiger partial charge in [-0.15, -0.1) is 0 Å². The third kappa shape index (κ3) is 1.43. The fraction of sp³-hybridized carbons (Fsp3) is 0.857. The highest BCUT2D eigenvalue weighted by Gasteiger charge is 2.20. The standard InChI is InChI=1S/C7H11NO/c1-6-3-2-4-9-7(6)5-8/h6-7H,2-4H2,1H3/t6-,7-/m1/s1. The van der Waals surface area contributed by atoms with Crippen molar-refractivity contribution in [1.82, 2.24) is 0 Å². The Labute approximate surface area is 55.4 Å². The summed E-state index contributed by atoms with van der Waals surface area (Å²) < 4.78 is 5.18. The summed E-state index contributed by atoms with van der Waals surface area (Å²) in [6, 6.07) is 2.13. The molecule has 0 N–H and O–H groups in total. The first kappa shape index (κ1) is 6.57. The number of hydrogen-bond donors (Lipinski definition) is 0. The Hall–Kier alpha value is -0.550. The minimum atomic E-state index is -0.140. The maximum Gasteiger partial charge on any atom is 0.146 e. The van der Waals surface area contributed by atoms with Crippen LogP contribution in [0, 0.1) is 17.2 Å². The van der Waals surface area contributed by atoms with Gasteiger partial charge in [0.05, 0.1) is 6.07 Å². The van der Waals surface area contributed by atoms with Gasteiger partial charge in [-0.3, -0.25) is 0 Å². The van der Waals surface area contributed by atoms with Gasteiger partial charge < -0.3 is 4.74 Å². The maximum absolute atomic E-state index is 8.49. The molecule has 0 aromatic carbocycles. The zero-order valence-corrected chi connectivity index (χ0v) is 5.63. The van der Waals surface area contributed by atoms with Crippen LogP contribution in [0.3, 0.4) is 0 Å². The van der Waals surface area contributed by atoms with Crippen molar-refractivity contribution in [2.75, 3.05) is 6.61 Å². The Balaban J connectivity index is 2.41. The van der Waals surface area contributed by atoms with Crippen molar-refractivity contribution in [2.24, 2.45) is 5.92 Å². The van der Waals surface area contributed by atoms with E-state index in [0.29, 0.717) is 5.92 Å². The largest absolute Gasteiger partial charge is 0.363 e. The molecule has 1 aliphatic rings. The lowest BCUT2D eigenvalue weighted by atomic mass is 9.98. The van der Waals surface area contributed by atoms with Crippen LogP contribution in [-0.4, -0.2) is 12.7 Å². The van der Waals surface area contributed by atoms with Gasteiger partial charge in [-0.2, -0.15) is 5.26 Å². The normalized spacial score (nSPS) is 35.6. The van der Waals surface area contributed by atoms with Gasteiger partial charge in [-0.25, -0.2) is 0 Å². The van der Waals surface area contributed by atoms with Crippen molar-refractivity contribution in [3.05, 3.63) is 0 Å². The van der Waals surface area contributed by atoms with Gasteiger partial charge in [0.15, 0.2) is 0 Å². The molecule has 50 valence electrons. The first-order chi connectivity index (χ1) is 4.34. The molecule has 0 saturated carbocycles. The molecule has 1 fully saturated rings. The third-order valence-electron chi connectivity index (χ3n) is 1.75. The van der Waals surface area contributed by atoms with Gasteiger partial charge in [-0.05, 0) is 18.8 Å². The van der Waals surface area contributed by atoms with Crippen LogP contribution in [-0.2, 0) is 4.74 Å². The molecular weight excluding hydrogens is 114 g/mol. The molecule has 0 aromatic heterocycles. The summed E-state index contributed by atoms with van der Waals surface area (Å²) in [5.74, 6) is 0.434. The van der Waals surface area contributed by atoms with Gasteiger partial charge in [0, 0.05) is 6.61 Å². The van der Waals surface area contributed by atoms with Gasteiger partial charge in [0.25, 0.3) is 0 Å². The van der Waals surface area contributed by atoms with Gasteiger partial charge in [0.2, 0.25) is 0 Å². The molecule has 0 spiro atoms. The zero-order valence-electron chi connectivity index (χ0n) is 5.63. The minimum absolute atomic E-state index is 0.140. The molecule has 1 heterocycles. The zero-order chi connectivity index (χ0) is 6.69. The van der Waals surface area contributed by atoms with E-state index in [1.807, 2.05) is 0 Å². The summed E-state index contributed by atoms with van der Waals surface area (Å²) >= 11 is 0. The van der Waals surface area contributed by atoms with E-state index in [4.69, 9.17) is 10.00 Å². The smallest absolute Gasteiger partial charge is 0.146 e. The summed E-state index contributed by atoms with van der Waals surface area (Å²) in [6.07, 6.45) is 2.11. The Morgan fingerprint density at radius 2 is 2.44 bits per heavy atom. The Kier molecular flexibility index (Phi) is 2.07. The average molecular weight is 125 g/mol. The molecule has 1 aliphatic heterocycles. The average Bonchev–Trinajstić information content (AvgIpc) is 1.89. The quantitative estimate of drug-likeness (QED) is 0.489. The van der Waals surface area contributed by atoms with E-state index < -0.39 is 0 Å². The first-order valence-electron chi connectivity index (χ1n) is 3.36. The van der Waals surface area contributed by atoms with Crippen molar-refractivity contribution in [3.8, 4) is 6.07 Å². The number of ether oxygens (including phenoxy) is 1. The second kappa shape index (κ2) is 2.84. The Morgan fingerprint density at radius 3 is 2.89 bits per heavy atom. The van der Waals surface area contributed by atoms with E-state index in [1.54, 1.807) is 0 Å². The topological polar surface area (TPSA) is 33.0 Å². The summed E-state index contributed by atoms with van der Waals surface area (Å²) in [7, 11) is 0. The Bertz CT molecular complexity index is 127. The van der Waals surface area contributed by atoms with Crippen LogP contribution in [0.1, 0.15) is 19.8 Å². The van der Waals surface area contributed by atoms with Crippen molar-refractivity contribution < 1.29 is 4.74 Å². The van der Waals surface area contributed by atoms with Crippen LogP contribution in [0.5, 0.6) is 0 Å². The predicted octanol–water partition coefficient (Wildman–Crippen LogP) is 1.33. The van der Waals surface area contributed by atoms with Crippen molar-refractivity contribution in [1.29, 1.82) is 5.26 Å². The van der Waals surface area contributed by atoms with Crippen LogP contribution in [0.15, 0.2) is 0 Å². The number of hydrogen-bond acceptors (Lipinski definition) is 2. The van der Waals surface area contributed by atoms with Crippen LogP contribution < -0.4 is 0 Å². The lowest BCUT2D eigenvalue weighted by Gasteiger charge is -2.22. The lowest BCUT2D eigenvalue weighted by Crippen LogP contribution is -2.25. The SMILES string of the molecule is C[C@@H]1CCCO[C@@H]1C#N. The summed E-state index contributed by atoms with van der Waals surface area (Å²) in [6.45, 7) is 2.83. The highest BCUT2D eigenvalue weighted by atomic mass is 16.5. The highest BCUT2D eigenvalue weighted by molar-refractivity contribution is 4.89. The van der Waals surface area contributed by atoms with E-state index in [0.717, 1.165) is 19.4 Å². The molecule has 1 saturated heterocycles. The second-order valence-corrected chi connectivity index (χ2v) is 2.54. The van der Waals surface area contributed by atoms with E-state index in [9.17, 15) is 0 Å². The predicted molar refractivity (Wildman–Crippen MR) is 33.8 cm³/mol. The van der Waals surface area contributed by atoms with Crippen molar-refractivity contribution in [3.63, 3.8) is 0 Å². The fourth-order valence-electron chi connectivity index (χ4n) is 1.10. The van der Waals surface area contributed by atoms with Crippen LogP contribution in [0.4, 0.5) is 0 Å². The van der Waals surface area contributed by atoms with E-state index in [-0.39, 0.29) is 6.10 Å². The molecule has 0 radical (unpaired) electrons. The number of nitrogens with zero attached hydrogens (tertiary/aromatic N) is 1. The summed E-state index contributed by atoms with van der Waals surface area (Å²) in [5, 5.41) is 8.49. The molecule has 0 aliphatic carbocycles. The molecule has 2 heteroatoms. The van der Waals surface area contributed by atoms with Crippen molar-refractivity contribution in [2.45, 2.75) is 25.9 Å². The maximum atomic E-state index is 8.49. The number of nitriles is 1. The Morgan fingerprint density at radius 1 is 1.67 bits per heavy atom. The molecule has 2 nitrogen and oxygen atoms in total. The van der Waals surface area contributed by atoms with Gasteiger partial charge in [0.1, 0.15) is 6.10 Å². The molecule has 0 amide bonds. The molecule has 0 aromatic rings. The summed E-state index contributed by atoms with van der Waals surface area (Å²) in [5.41, 5.74) is 0. The van der Waals surface area contributed by atoms with E-state index in [1.165, 1.54) is 0 Å². The van der Waals surface area contributed by atoms with Gasteiger partial charge in [-0.1, -0.05) is 6.92 Å². The lowest BCUT2D eigenvalue weighted by molar-refractivity contribution is 0.0150. The third-order valence-corrected chi connectivity index (χ3v) is 1.75. The fourth-order valence-corrected chi connectivity index (χ4v) is 1.10. The monoisotopic (exact) mass is 125 g/mol. The van der Waals surface area contributed by atoms with E-state index >= 15 is 0 Å². The molecule has 2 atom stereocenters. The van der Waals surface area contributed by atoms with Crippen molar-refractivity contribution >= 4 is 0 Å². The van der Waals surface area contributed by atoms with Gasteiger partial charge >= 0.3 is 0 Å². The first-order valence-corrected chi connectivity index (χ1v) is 3.36. The molecular formula is C7H11NO. The molecule has 0 unspecified atom stereocenters. The number of rotatable bonds is 0. The van der Waals surface area contributed by atoms with Crippen LogP contribution in [0.25, 0.3) is 0 Å². The second-order valence-electron chi connectivity index (χ2n) is 2.54. The summed E-state index contributed by atoms with van der Waals surface area (Å²) in [4.78, 5) is 0. The van der Waals surface area contributed by atoms with E-state index in [2.05, 4.69) is 13.0 Å². The van der Waals surface area contributed by atoms with Crippen LogP contribution in [0.2, 0.25) is 0 Å².